The average Bonchev–Trinajstić information content (AvgIpc) is 3.01. The summed E-state index contributed by atoms with van der Waals surface area (Å²) in [6.45, 7) is 1.09. The van der Waals surface area contributed by atoms with Crippen LogP contribution in [0, 0.1) is 0 Å². The van der Waals surface area contributed by atoms with E-state index in [4.69, 9.17) is 9.84 Å². The zero-order valence-corrected chi connectivity index (χ0v) is 12.5. The molecule has 0 unspecified atom stereocenters. The number of carbonyl (C=O) groups is 1. The summed E-state index contributed by atoms with van der Waals surface area (Å²) < 4.78 is 10.00. The predicted molar refractivity (Wildman–Crippen MR) is 81.1 cm³/mol. The number of nitrogens with zero attached hydrogens (tertiary/aromatic N) is 2. The molecule has 1 atom stereocenters. The Morgan fingerprint density at radius 1 is 1.57 bits per heavy atom. The second kappa shape index (κ2) is 5.73. The quantitative estimate of drug-likeness (QED) is 0.945. The number of fused-ring (bicyclic) bond motifs is 1. The van der Waals surface area contributed by atoms with Gasteiger partial charge < -0.3 is 14.7 Å². The maximum absolute atomic E-state index is 11.0. The van der Waals surface area contributed by atoms with Crippen LogP contribution in [0.25, 0.3) is 11.1 Å². The first-order chi connectivity index (χ1) is 10.2. The van der Waals surface area contributed by atoms with Crippen molar-refractivity contribution in [2.75, 3.05) is 20.2 Å². The standard InChI is InChI=1S/C15H16N2O3S/c1-17(15(18)19)8-10-5-6-20-14-12(10)3-2-4-13(14)11-7-16-21-9-11/h2-4,7,9-10H,5-6,8H2,1H3,(H,18,19)/t10-/m0/s1. The number of para-hydroxylation sites is 1. The lowest BCUT2D eigenvalue weighted by Crippen LogP contribution is -2.31. The van der Waals surface area contributed by atoms with E-state index in [1.807, 2.05) is 29.8 Å². The van der Waals surface area contributed by atoms with E-state index in [1.54, 1.807) is 7.05 Å². The maximum atomic E-state index is 11.0. The Hall–Kier alpha value is -2.08. The molecule has 0 spiro atoms. The van der Waals surface area contributed by atoms with Gasteiger partial charge in [-0.2, -0.15) is 0 Å². The van der Waals surface area contributed by atoms with E-state index in [9.17, 15) is 4.79 Å². The van der Waals surface area contributed by atoms with Crippen molar-refractivity contribution in [1.82, 2.24) is 9.27 Å². The van der Waals surface area contributed by atoms with E-state index < -0.39 is 6.09 Å². The number of aromatic nitrogens is 1. The molecule has 1 aromatic carbocycles. The molecule has 6 heteroatoms. The molecule has 2 heterocycles. The molecule has 1 amide bonds. The van der Waals surface area contributed by atoms with E-state index in [2.05, 4.69) is 4.37 Å². The van der Waals surface area contributed by atoms with Crippen LogP contribution in [0.3, 0.4) is 0 Å². The third kappa shape index (κ3) is 2.71. The Morgan fingerprint density at radius 2 is 2.43 bits per heavy atom. The van der Waals surface area contributed by atoms with Crippen LogP contribution in [0.2, 0.25) is 0 Å². The molecular weight excluding hydrogens is 288 g/mol. The molecule has 3 rings (SSSR count). The van der Waals surface area contributed by atoms with Crippen LogP contribution in [0.4, 0.5) is 4.79 Å². The van der Waals surface area contributed by atoms with Crippen molar-refractivity contribution >= 4 is 17.6 Å². The van der Waals surface area contributed by atoms with Gasteiger partial charge in [0.1, 0.15) is 5.75 Å². The molecule has 1 aromatic heterocycles. The van der Waals surface area contributed by atoms with Crippen LogP contribution in [-0.4, -0.2) is 40.7 Å². The summed E-state index contributed by atoms with van der Waals surface area (Å²) in [6.07, 6.45) is 1.76. The smallest absolute Gasteiger partial charge is 0.407 e. The molecule has 110 valence electrons. The average molecular weight is 304 g/mol. The SMILES string of the molecule is CN(C[C@@H]1CCOc2c(-c3cnsc3)cccc21)C(=O)O. The van der Waals surface area contributed by atoms with Gasteiger partial charge in [-0.1, -0.05) is 18.2 Å². The van der Waals surface area contributed by atoms with Crippen LogP contribution in [0.5, 0.6) is 5.75 Å². The zero-order valence-electron chi connectivity index (χ0n) is 11.7. The number of rotatable bonds is 3. The summed E-state index contributed by atoms with van der Waals surface area (Å²) in [4.78, 5) is 12.4. The van der Waals surface area contributed by atoms with E-state index in [1.165, 1.54) is 16.4 Å². The lowest BCUT2D eigenvalue weighted by molar-refractivity contribution is 0.149. The topological polar surface area (TPSA) is 62.7 Å². The summed E-state index contributed by atoms with van der Waals surface area (Å²) >= 11 is 1.41. The molecule has 1 N–H and O–H groups in total. The highest BCUT2D eigenvalue weighted by molar-refractivity contribution is 7.03. The van der Waals surface area contributed by atoms with Crippen LogP contribution in [-0.2, 0) is 0 Å². The molecule has 0 saturated carbocycles. The van der Waals surface area contributed by atoms with Gasteiger partial charge in [-0.05, 0) is 23.5 Å². The number of hydrogen-bond acceptors (Lipinski definition) is 4. The van der Waals surface area contributed by atoms with Crippen molar-refractivity contribution in [3.8, 4) is 16.9 Å². The lowest BCUT2D eigenvalue weighted by Gasteiger charge is -2.29. The normalized spacial score (nSPS) is 16.9. The molecule has 0 fully saturated rings. The molecular formula is C15H16N2O3S. The zero-order chi connectivity index (χ0) is 14.8. The first-order valence-electron chi connectivity index (χ1n) is 6.76. The van der Waals surface area contributed by atoms with Gasteiger partial charge in [-0.25, -0.2) is 9.17 Å². The number of carboxylic acid groups (broad SMARTS) is 1. The second-order valence-electron chi connectivity index (χ2n) is 5.13. The molecule has 5 nitrogen and oxygen atoms in total. The van der Waals surface area contributed by atoms with Gasteiger partial charge in [0, 0.05) is 42.2 Å². The van der Waals surface area contributed by atoms with E-state index >= 15 is 0 Å². The van der Waals surface area contributed by atoms with Gasteiger partial charge in [0.2, 0.25) is 0 Å². The highest BCUT2D eigenvalue weighted by Crippen LogP contribution is 2.41. The van der Waals surface area contributed by atoms with Gasteiger partial charge in [0.05, 0.1) is 6.61 Å². The molecule has 21 heavy (non-hydrogen) atoms. The summed E-state index contributed by atoms with van der Waals surface area (Å²) in [5, 5.41) is 11.0. The molecule has 0 saturated heterocycles. The maximum Gasteiger partial charge on any atom is 0.407 e. The Morgan fingerprint density at radius 3 is 3.14 bits per heavy atom. The van der Waals surface area contributed by atoms with Crippen LogP contribution in [0.1, 0.15) is 17.9 Å². The third-order valence-electron chi connectivity index (χ3n) is 3.76. The first kappa shape index (κ1) is 13.9. The van der Waals surface area contributed by atoms with Crippen molar-refractivity contribution in [3.63, 3.8) is 0 Å². The van der Waals surface area contributed by atoms with E-state index in [-0.39, 0.29) is 5.92 Å². The van der Waals surface area contributed by atoms with Crippen molar-refractivity contribution in [1.29, 1.82) is 0 Å². The van der Waals surface area contributed by atoms with Crippen molar-refractivity contribution in [2.24, 2.45) is 0 Å². The minimum Gasteiger partial charge on any atom is -0.493 e. The van der Waals surface area contributed by atoms with E-state index in [0.717, 1.165) is 28.9 Å². The Bertz CT molecular complexity index is 642. The fraction of sp³-hybridized carbons (Fsp3) is 0.333. The van der Waals surface area contributed by atoms with Crippen molar-refractivity contribution < 1.29 is 14.6 Å². The minimum absolute atomic E-state index is 0.168. The van der Waals surface area contributed by atoms with Crippen molar-refractivity contribution in [3.05, 3.63) is 35.3 Å². The van der Waals surface area contributed by atoms with Gasteiger partial charge in [-0.15, -0.1) is 0 Å². The highest BCUT2D eigenvalue weighted by Gasteiger charge is 2.26. The van der Waals surface area contributed by atoms with Gasteiger partial charge in [0.15, 0.2) is 0 Å². The summed E-state index contributed by atoms with van der Waals surface area (Å²) in [6, 6.07) is 6.04. The minimum atomic E-state index is -0.902. The molecule has 0 bridgehead atoms. The molecule has 2 aromatic rings. The van der Waals surface area contributed by atoms with Crippen LogP contribution in [0.15, 0.2) is 29.8 Å². The number of ether oxygens (including phenoxy) is 1. The summed E-state index contributed by atoms with van der Waals surface area (Å²) in [5.41, 5.74) is 3.16. The fourth-order valence-corrected chi connectivity index (χ4v) is 3.20. The molecule has 0 aliphatic carbocycles. The van der Waals surface area contributed by atoms with Gasteiger partial charge in [0.25, 0.3) is 0 Å². The fourth-order valence-electron chi connectivity index (χ4n) is 2.66. The van der Waals surface area contributed by atoms with Gasteiger partial charge >= 0.3 is 6.09 Å². The molecule has 1 aliphatic heterocycles. The third-order valence-corrected chi connectivity index (χ3v) is 4.35. The number of likely N-dealkylation sites (N-methyl/N-ethyl adjacent to an activating group) is 1. The summed E-state index contributed by atoms with van der Waals surface area (Å²) in [5.74, 6) is 1.04. The van der Waals surface area contributed by atoms with Crippen LogP contribution >= 0.6 is 11.5 Å². The number of amides is 1. The van der Waals surface area contributed by atoms with Crippen LogP contribution < -0.4 is 4.74 Å². The Kier molecular flexibility index (Phi) is 3.79. The second-order valence-corrected chi connectivity index (χ2v) is 5.79. The largest absolute Gasteiger partial charge is 0.493 e. The summed E-state index contributed by atoms with van der Waals surface area (Å²) in [7, 11) is 1.60. The van der Waals surface area contributed by atoms with Gasteiger partial charge in [-0.3, -0.25) is 0 Å². The first-order valence-corrected chi connectivity index (χ1v) is 7.60. The number of hydrogen-bond donors (Lipinski definition) is 1. The Balaban J connectivity index is 1.95. The lowest BCUT2D eigenvalue weighted by atomic mass is 9.90. The van der Waals surface area contributed by atoms with Crippen molar-refractivity contribution in [2.45, 2.75) is 12.3 Å². The Labute approximate surface area is 127 Å². The highest BCUT2D eigenvalue weighted by atomic mass is 32.1. The monoisotopic (exact) mass is 304 g/mol. The van der Waals surface area contributed by atoms with E-state index in [0.29, 0.717) is 13.2 Å². The molecule has 1 aliphatic rings. The molecule has 0 radical (unpaired) electrons. The number of benzene rings is 1. The predicted octanol–water partition coefficient (Wildman–Crippen LogP) is 3.29.